The second-order valence-corrected chi connectivity index (χ2v) is 10.2. The molecule has 5 heteroatoms. The first-order chi connectivity index (χ1) is 20.3. The van der Waals surface area contributed by atoms with Gasteiger partial charge in [0.05, 0.1) is 5.69 Å². The van der Waals surface area contributed by atoms with E-state index in [1.807, 2.05) is 72.8 Å². The van der Waals surface area contributed by atoms with Crippen LogP contribution in [0.5, 0.6) is 11.5 Å². The lowest BCUT2D eigenvalue weighted by Gasteiger charge is -2.22. The SMILES string of the molecule is C1=CC(c2nc(-c3ccccc3)nc(-c3cccc(-c4ccc5c6c(cccc46)-c4ccccc4O5)n3)n2)=CCC1. The average molecular weight is 529 g/mol. The van der Waals surface area contributed by atoms with Crippen molar-refractivity contribution in [2.45, 2.75) is 12.8 Å². The molecule has 194 valence electrons. The summed E-state index contributed by atoms with van der Waals surface area (Å²) in [7, 11) is 0. The van der Waals surface area contributed by atoms with Crippen LogP contribution in [0.1, 0.15) is 18.7 Å². The summed E-state index contributed by atoms with van der Waals surface area (Å²) in [4.78, 5) is 19.7. The summed E-state index contributed by atoms with van der Waals surface area (Å²) in [6, 6.07) is 34.8. The molecule has 8 rings (SSSR count). The lowest BCUT2D eigenvalue weighted by atomic mass is 9.91. The normalized spacial score (nSPS) is 13.4. The van der Waals surface area contributed by atoms with Gasteiger partial charge in [-0.2, -0.15) is 0 Å². The summed E-state index contributed by atoms with van der Waals surface area (Å²) < 4.78 is 6.30. The summed E-state index contributed by atoms with van der Waals surface area (Å²) in [6.45, 7) is 0. The molecule has 2 aliphatic rings. The number of para-hydroxylation sites is 1. The number of allylic oxidation sites excluding steroid dienone is 4. The van der Waals surface area contributed by atoms with Gasteiger partial charge in [0.1, 0.15) is 17.2 Å². The van der Waals surface area contributed by atoms with Gasteiger partial charge in [-0.3, -0.25) is 0 Å². The number of fused-ring (bicyclic) bond motifs is 2. The summed E-state index contributed by atoms with van der Waals surface area (Å²) in [5, 5.41) is 2.19. The van der Waals surface area contributed by atoms with Gasteiger partial charge < -0.3 is 4.74 Å². The van der Waals surface area contributed by atoms with Crippen molar-refractivity contribution < 1.29 is 4.74 Å². The van der Waals surface area contributed by atoms with Gasteiger partial charge in [-0.1, -0.05) is 91.0 Å². The summed E-state index contributed by atoms with van der Waals surface area (Å²) in [5.41, 5.74) is 6.80. The second-order valence-electron chi connectivity index (χ2n) is 10.2. The number of nitrogens with zero attached hydrogens (tertiary/aromatic N) is 4. The molecule has 1 aliphatic carbocycles. The first-order valence-corrected chi connectivity index (χ1v) is 13.8. The Hall–Kier alpha value is -5.42. The molecule has 0 unspecified atom stereocenters. The van der Waals surface area contributed by atoms with Gasteiger partial charge in [0.2, 0.25) is 0 Å². The largest absolute Gasteiger partial charge is 0.456 e. The number of rotatable bonds is 4. The second kappa shape index (κ2) is 9.65. The van der Waals surface area contributed by atoms with Gasteiger partial charge in [-0.05, 0) is 54.1 Å². The van der Waals surface area contributed by atoms with Crippen LogP contribution in [0.3, 0.4) is 0 Å². The Morgan fingerprint density at radius 1 is 0.512 bits per heavy atom. The van der Waals surface area contributed by atoms with Crippen molar-refractivity contribution in [3.8, 4) is 56.8 Å². The topological polar surface area (TPSA) is 60.8 Å². The Kier molecular flexibility index (Phi) is 5.52. The van der Waals surface area contributed by atoms with E-state index in [9.17, 15) is 0 Å². The van der Waals surface area contributed by atoms with E-state index in [4.69, 9.17) is 24.7 Å². The number of pyridine rings is 1. The van der Waals surface area contributed by atoms with Crippen molar-refractivity contribution in [2.24, 2.45) is 0 Å². The zero-order valence-corrected chi connectivity index (χ0v) is 22.2. The zero-order chi connectivity index (χ0) is 27.2. The molecule has 3 heterocycles. The molecule has 0 atom stereocenters. The highest BCUT2D eigenvalue weighted by atomic mass is 16.5. The number of benzene rings is 4. The van der Waals surface area contributed by atoms with Gasteiger partial charge in [0.25, 0.3) is 0 Å². The highest BCUT2D eigenvalue weighted by Crippen LogP contribution is 2.48. The maximum Gasteiger partial charge on any atom is 0.182 e. The van der Waals surface area contributed by atoms with Crippen molar-refractivity contribution in [3.05, 3.63) is 127 Å². The van der Waals surface area contributed by atoms with Crippen LogP contribution in [-0.4, -0.2) is 19.9 Å². The fraction of sp³-hybridized carbons (Fsp3) is 0.0556. The smallest absolute Gasteiger partial charge is 0.182 e. The van der Waals surface area contributed by atoms with Crippen LogP contribution in [-0.2, 0) is 0 Å². The van der Waals surface area contributed by atoms with Gasteiger partial charge in [0, 0.05) is 27.6 Å². The van der Waals surface area contributed by atoms with Gasteiger partial charge in [-0.25, -0.2) is 19.9 Å². The maximum absolute atomic E-state index is 6.30. The molecule has 5 nitrogen and oxygen atoms in total. The van der Waals surface area contributed by atoms with Crippen LogP contribution in [0.4, 0.5) is 0 Å². The van der Waals surface area contributed by atoms with E-state index in [-0.39, 0.29) is 0 Å². The number of hydrogen-bond acceptors (Lipinski definition) is 5. The maximum atomic E-state index is 6.30. The van der Waals surface area contributed by atoms with E-state index in [1.54, 1.807) is 0 Å². The van der Waals surface area contributed by atoms with Crippen LogP contribution in [0.2, 0.25) is 0 Å². The predicted molar refractivity (Wildman–Crippen MR) is 163 cm³/mol. The van der Waals surface area contributed by atoms with Crippen LogP contribution in [0, 0.1) is 0 Å². The van der Waals surface area contributed by atoms with E-state index in [0.29, 0.717) is 23.2 Å². The van der Waals surface area contributed by atoms with Gasteiger partial charge in [-0.15, -0.1) is 0 Å². The fourth-order valence-corrected chi connectivity index (χ4v) is 5.63. The first-order valence-electron chi connectivity index (χ1n) is 13.8. The molecule has 0 saturated heterocycles. The van der Waals surface area contributed by atoms with E-state index in [1.165, 1.54) is 5.56 Å². The number of hydrogen-bond donors (Lipinski definition) is 0. The molecule has 0 amide bonds. The van der Waals surface area contributed by atoms with Gasteiger partial charge >= 0.3 is 0 Å². The lowest BCUT2D eigenvalue weighted by Crippen LogP contribution is -2.04. The minimum absolute atomic E-state index is 0.551. The fourth-order valence-electron chi connectivity index (χ4n) is 5.63. The minimum atomic E-state index is 0.551. The highest BCUT2D eigenvalue weighted by Gasteiger charge is 2.22. The molecule has 0 fully saturated rings. The molecule has 6 aromatic rings. The Labute approximate surface area is 237 Å². The van der Waals surface area contributed by atoms with Crippen LogP contribution < -0.4 is 4.74 Å². The third kappa shape index (κ3) is 4.10. The molecular weight excluding hydrogens is 504 g/mol. The van der Waals surface area contributed by atoms with E-state index in [0.717, 1.165) is 63.1 Å². The summed E-state index contributed by atoms with van der Waals surface area (Å²) in [5.74, 6) is 3.58. The molecule has 0 radical (unpaired) electrons. The molecule has 0 N–H and O–H groups in total. The summed E-state index contributed by atoms with van der Waals surface area (Å²) >= 11 is 0. The third-order valence-electron chi connectivity index (χ3n) is 7.57. The lowest BCUT2D eigenvalue weighted by molar-refractivity contribution is 0.487. The Bertz CT molecular complexity index is 2030. The number of aromatic nitrogens is 4. The van der Waals surface area contributed by atoms with Crippen LogP contribution >= 0.6 is 0 Å². The van der Waals surface area contributed by atoms with Crippen LogP contribution in [0.25, 0.3) is 61.6 Å². The Morgan fingerprint density at radius 2 is 1.29 bits per heavy atom. The molecular formula is C36H24N4O. The van der Waals surface area contributed by atoms with Crippen molar-refractivity contribution in [1.82, 2.24) is 19.9 Å². The molecule has 0 spiro atoms. The van der Waals surface area contributed by atoms with Crippen LogP contribution in [0.15, 0.2) is 121 Å². The van der Waals surface area contributed by atoms with E-state index in [2.05, 4.69) is 48.6 Å². The van der Waals surface area contributed by atoms with Gasteiger partial charge in [0.15, 0.2) is 17.5 Å². The predicted octanol–water partition coefficient (Wildman–Crippen LogP) is 8.93. The zero-order valence-electron chi connectivity index (χ0n) is 22.2. The van der Waals surface area contributed by atoms with Crippen molar-refractivity contribution in [1.29, 1.82) is 0 Å². The molecule has 0 saturated carbocycles. The van der Waals surface area contributed by atoms with Crippen molar-refractivity contribution in [3.63, 3.8) is 0 Å². The third-order valence-corrected chi connectivity index (χ3v) is 7.57. The monoisotopic (exact) mass is 528 g/mol. The molecule has 1 aliphatic heterocycles. The Balaban J connectivity index is 1.28. The summed E-state index contributed by atoms with van der Waals surface area (Å²) in [6.07, 6.45) is 8.45. The quantitative estimate of drug-likeness (QED) is 0.228. The molecule has 2 aromatic heterocycles. The van der Waals surface area contributed by atoms with E-state index < -0.39 is 0 Å². The Morgan fingerprint density at radius 3 is 2.20 bits per heavy atom. The average Bonchev–Trinajstić information content (AvgIpc) is 3.06. The molecule has 4 aromatic carbocycles. The highest BCUT2D eigenvalue weighted by molar-refractivity contribution is 6.09. The van der Waals surface area contributed by atoms with E-state index >= 15 is 0 Å². The molecule has 0 bridgehead atoms. The molecule has 41 heavy (non-hydrogen) atoms. The standard InChI is InChI=1S/C36H24N4O/c1-3-11-23(12-4-1)34-38-35(24-13-5-2-6-14-24)40-36(39-34)30-19-10-18-29(37-30)25-21-22-32-33-27(25)16-9-17-28(33)26-15-7-8-20-31(26)41-32/h1,3-5,7-22H,2,6H2. The minimum Gasteiger partial charge on any atom is -0.456 e. The number of ether oxygens (including phenoxy) is 1. The van der Waals surface area contributed by atoms with Crippen molar-refractivity contribution in [2.75, 3.05) is 0 Å². The first kappa shape index (κ1) is 23.5. The van der Waals surface area contributed by atoms with Crippen molar-refractivity contribution >= 4 is 16.3 Å².